The molecule has 10 heteroatoms. The Labute approximate surface area is 139 Å². The van der Waals surface area contributed by atoms with Crippen LogP contribution < -0.4 is 10.5 Å². The Balaban J connectivity index is 2.33. The van der Waals surface area contributed by atoms with E-state index in [0.717, 1.165) is 6.07 Å². The second-order valence-electron chi connectivity index (χ2n) is 4.92. The van der Waals surface area contributed by atoms with Gasteiger partial charge in [-0.15, -0.1) is 0 Å². The number of morpholine rings is 1. The summed E-state index contributed by atoms with van der Waals surface area (Å²) in [5, 5.41) is 0. The van der Waals surface area contributed by atoms with E-state index in [9.17, 15) is 18.0 Å². The molecule has 132 valence electrons. The Morgan fingerprint density at radius 2 is 1.96 bits per heavy atom. The molecule has 24 heavy (non-hydrogen) atoms. The number of carbonyl (C=O) groups excluding carboxylic acids is 2. The van der Waals surface area contributed by atoms with Crippen LogP contribution in [0.25, 0.3) is 0 Å². The zero-order valence-electron chi connectivity index (χ0n) is 13.1. The van der Waals surface area contributed by atoms with E-state index in [0.29, 0.717) is 13.2 Å². The standard InChI is InChI=1S/C14H18N2O7S/c1-21-12-3-2-10(8-11(12)14(18)23-9-13(15)17)24(19,20)16-4-6-22-7-5-16/h2-3,8H,4-7,9H2,1H3,(H2,15,17). The molecule has 2 rings (SSSR count). The number of carbonyl (C=O) groups is 2. The number of sulfonamides is 1. The van der Waals surface area contributed by atoms with Crippen LogP contribution in [-0.4, -0.2) is 64.6 Å². The quantitative estimate of drug-likeness (QED) is 0.670. The molecule has 2 N–H and O–H groups in total. The lowest BCUT2D eigenvalue weighted by Crippen LogP contribution is -2.40. The van der Waals surface area contributed by atoms with Crippen LogP contribution >= 0.6 is 0 Å². The fourth-order valence-corrected chi connectivity index (χ4v) is 3.59. The second-order valence-corrected chi connectivity index (χ2v) is 6.86. The third-order valence-electron chi connectivity index (χ3n) is 3.34. The van der Waals surface area contributed by atoms with E-state index in [-0.39, 0.29) is 29.3 Å². The maximum absolute atomic E-state index is 12.6. The largest absolute Gasteiger partial charge is 0.496 e. The van der Waals surface area contributed by atoms with E-state index in [4.69, 9.17) is 19.9 Å². The zero-order valence-corrected chi connectivity index (χ0v) is 13.9. The minimum Gasteiger partial charge on any atom is -0.496 e. The normalized spacial score (nSPS) is 15.7. The van der Waals surface area contributed by atoms with Crippen LogP contribution in [0, 0.1) is 0 Å². The number of benzene rings is 1. The van der Waals surface area contributed by atoms with Gasteiger partial charge in [-0.2, -0.15) is 4.31 Å². The lowest BCUT2D eigenvalue weighted by molar-refractivity contribution is -0.121. The molecule has 0 radical (unpaired) electrons. The van der Waals surface area contributed by atoms with Crippen molar-refractivity contribution < 1.29 is 32.2 Å². The molecule has 1 fully saturated rings. The highest BCUT2D eigenvalue weighted by Gasteiger charge is 2.28. The van der Waals surface area contributed by atoms with E-state index in [1.54, 1.807) is 0 Å². The van der Waals surface area contributed by atoms with Gasteiger partial charge >= 0.3 is 5.97 Å². The maximum Gasteiger partial charge on any atom is 0.342 e. The molecule has 1 heterocycles. The summed E-state index contributed by atoms with van der Waals surface area (Å²) in [4.78, 5) is 22.7. The molecule has 1 aromatic rings. The van der Waals surface area contributed by atoms with Gasteiger partial charge in [0, 0.05) is 13.1 Å². The number of nitrogens with zero attached hydrogens (tertiary/aromatic N) is 1. The molecule has 1 saturated heterocycles. The van der Waals surface area contributed by atoms with Crippen molar-refractivity contribution in [2.75, 3.05) is 40.0 Å². The van der Waals surface area contributed by atoms with Crippen LogP contribution in [0.1, 0.15) is 10.4 Å². The third-order valence-corrected chi connectivity index (χ3v) is 5.24. The summed E-state index contributed by atoms with van der Waals surface area (Å²) in [6.07, 6.45) is 0. The highest BCUT2D eigenvalue weighted by Crippen LogP contribution is 2.25. The highest BCUT2D eigenvalue weighted by molar-refractivity contribution is 7.89. The Kier molecular flexibility index (Phi) is 5.75. The summed E-state index contributed by atoms with van der Waals surface area (Å²) in [7, 11) is -2.45. The fourth-order valence-electron chi connectivity index (χ4n) is 2.16. The van der Waals surface area contributed by atoms with Crippen molar-refractivity contribution in [2.45, 2.75) is 4.90 Å². The first kappa shape index (κ1) is 18.2. The van der Waals surface area contributed by atoms with Crippen molar-refractivity contribution in [3.05, 3.63) is 23.8 Å². The number of hydrogen-bond donors (Lipinski definition) is 1. The van der Waals surface area contributed by atoms with E-state index in [1.165, 1.54) is 23.5 Å². The average Bonchev–Trinajstić information content (AvgIpc) is 2.59. The molecule has 0 aromatic heterocycles. The topological polar surface area (TPSA) is 125 Å². The van der Waals surface area contributed by atoms with Crippen molar-refractivity contribution in [1.29, 1.82) is 0 Å². The highest BCUT2D eigenvalue weighted by atomic mass is 32.2. The number of rotatable bonds is 6. The molecule has 0 saturated carbocycles. The molecular formula is C14H18N2O7S. The van der Waals surface area contributed by atoms with Crippen LogP contribution in [0.3, 0.4) is 0 Å². The van der Waals surface area contributed by atoms with Crippen LogP contribution in [0.4, 0.5) is 0 Å². The molecule has 1 amide bonds. The predicted molar refractivity (Wildman–Crippen MR) is 82.0 cm³/mol. The Morgan fingerprint density at radius 1 is 1.29 bits per heavy atom. The van der Waals surface area contributed by atoms with Gasteiger partial charge in [0.1, 0.15) is 11.3 Å². The van der Waals surface area contributed by atoms with E-state index < -0.39 is 28.5 Å². The molecule has 1 aliphatic heterocycles. The molecule has 9 nitrogen and oxygen atoms in total. The molecule has 1 aliphatic rings. The summed E-state index contributed by atoms with van der Waals surface area (Å²) < 4.78 is 41.4. The summed E-state index contributed by atoms with van der Waals surface area (Å²) in [5.41, 5.74) is 4.82. The van der Waals surface area contributed by atoms with Gasteiger partial charge in [0.05, 0.1) is 25.2 Å². The van der Waals surface area contributed by atoms with Crippen LogP contribution in [0.5, 0.6) is 5.75 Å². The Morgan fingerprint density at radius 3 is 2.54 bits per heavy atom. The van der Waals surface area contributed by atoms with Crippen LogP contribution in [0.2, 0.25) is 0 Å². The van der Waals surface area contributed by atoms with Crippen LogP contribution in [0.15, 0.2) is 23.1 Å². The first-order valence-electron chi connectivity index (χ1n) is 7.07. The molecule has 0 unspecified atom stereocenters. The summed E-state index contributed by atoms with van der Waals surface area (Å²) >= 11 is 0. The number of hydrogen-bond acceptors (Lipinski definition) is 7. The minimum atomic E-state index is -3.78. The van der Waals surface area contributed by atoms with Crippen molar-refractivity contribution >= 4 is 21.9 Å². The number of ether oxygens (including phenoxy) is 3. The first-order chi connectivity index (χ1) is 11.4. The molecule has 0 spiro atoms. The van der Waals surface area contributed by atoms with E-state index >= 15 is 0 Å². The SMILES string of the molecule is COc1ccc(S(=O)(=O)N2CCOCC2)cc1C(=O)OCC(N)=O. The number of amides is 1. The Hall–Kier alpha value is -2.17. The average molecular weight is 358 g/mol. The summed E-state index contributed by atoms with van der Waals surface area (Å²) in [6, 6.07) is 3.86. The molecular weight excluding hydrogens is 340 g/mol. The third kappa shape index (κ3) is 4.02. The molecule has 1 aromatic carbocycles. The number of esters is 1. The van der Waals surface area contributed by atoms with Crippen molar-refractivity contribution in [2.24, 2.45) is 5.73 Å². The maximum atomic E-state index is 12.6. The van der Waals surface area contributed by atoms with Gasteiger partial charge in [0.2, 0.25) is 10.0 Å². The van der Waals surface area contributed by atoms with Gasteiger partial charge in [0.25, 0.3) is 5.91 Å². The lowest BCUT2D eigenvalue weighted by Gasteiger charge is -2.26. The Bertz CT molecular complexity index is 727. The fraction of sp³-hybridized carbons (Fsp3) is 0.429. The molecule has 0 bridgehead atoms. The van der Waals surface area contributed by atoms with Gasteiger partial charge in [-0.05, 0) is 18.2 Å². The number of primary amides is 1. The van der Waals surface area contributed by atoms with Crippen LogP contribution in [-0.2, 0) is 24.3 Å². The molecule has 0 aliphatic carbocycles. The van der Waals surface area contributed by atoms with Crippen molar-refractivity contribution in [3.63, 3.8) is 0 Å². The van der Waals surface area contributed by atoms with Gasteiger partial charge in [-0.25, -0.2) is 13.2 Å². The van der Waals surface area contributed by atoms with Gasteiger partial charge in [-0.3, -0.25) is 4.79 Å². The van der Waals surface area contributed by atoms with Gasteiger partial charge < -0.3 is 19.9 Å². The van der Waals surface area contributed by atoms with Gasteiger partial charge in [0.15, 0.2) is 6.61 Å². The minimum absolute atomic E-state index is 0.0729. The predicted octanol–water partition coefficient (Wildman–Crippen LogP) is -0.642. The van der Waals surface area contributed by atoms with Crippen molar-refractivity contribution in [1.82, 2.24) is 4.31 Å². The van der Waals surface area contributed by atoms with E-state index in [2.05, 4.69) is 0 Å². The summed E-state index contributed by atoms with van der Waals surface area (Å²) in [5.74, 6) is -1.59. The second kappa shape index (κ2) is 7.60. The monoisotopic (exact) mass is 358 g/mol. The smallest absolute Gasteiger partial charge is 0.342 e. The van der Waals surface area contributed by atoms with Gasteiger partial charge in [-0.1, -0.05) is 0 Å². The number of nitrogens with two attached hydrogens (primary N) is 1. The lowest BCUT2D eigenvalue weighted by atomic mass is 10.2. The number of methoxy groups -OCH3 is 1. The van der Waals surface area contributed by atoms with Crippen molar-refractivity contribution in [3.8, 4) is 5.75 Å². The summed E-state index contributed by atoms with van der Waals surface area (Å²) in [6.45, 7) is 0.472. The zero-order chi connectivity index (χ0) is 17.7. The van der Waals surface area contributed by atoms with E-state index in [1.807, 2.05) is 0 Å². The molecule has 0 atom stereocenters. The first-order valence-corrected chi connectivity index (χ1v) is 8.51.